The van der Waals surface area contributed by atoms with E-state index in [9.17, 15) is 8.42 Å². The van der Waals surface area contributed by atoms with Crippen LogP contribution in [0.3, 0.4) is 0 Å². The van der Waals surface area contributed by atoms with Crippen LogP contribution in [0.15, 0.2) is 46.1 Å². The first-order valence-electron chi connectivity index (χ1n) is 9.32. The molecule has 1 saturated carbocycles. The van der Waals surface area contributed by atoms with Gasteiger partial charge in [-0.3, -0.25) is 4.72 Å². The number of benzene rings is 1. The Morgan fingerprint density at radius 2 is 1.86 bits per heavy atom. The summed E-state index contributed by atoms with van der Waals surface area (Å²) in [7, 11) is -3.63. The Hall–Kier alpha value is -1.97. The lowest BCUT2D eigenvalue weighted by molar-refractivity contribution is 0.501. The fourth-order valence-electron chi connectivity index (χ4n) is 3.42. The molecule has 9 heteroatoms. The number of sulfonamides is 1. The van der Waals surface area contributed by atoms with Crippen molar-refractivity contribution < 1.29 is 8.42 Å². The summed E-state index contributed by atoms with van der Waals surface area (Å²) in [6.07, 6.45) is 9.29. The number of hydrogen-bond donors (Lipinski definition) is 2. The van der Waals surface area contributed by atoms with Crippen molar-refractivity contribution in [2.75, 3.05) is 10.0 Å². The number of nitrogens with one attached hydrogen (secondary N) is 2. The molecule has 2 N–H and O–H groups in total. The number of anilines is 3. The van der Waals surface area contributed by atoms with E-state index in [1.165, 1.54) is 43.4 Å². The molecule has 1 aliphatic carbocycles. The summed E-state index contributed by atoms with van der Waals surface area (Å²) in [5.41, 5.74) is 1.94. The van der Waals surface area contributed by atoms with Crippen molar-refractivity contribution in [3.05, 3.63) is 46.9 Å². The first kappa shape index (κ1) is 19.4. The van der Waals surface area contributed by atoms with Crippen LogP contribution in [-0.4, -0.2) is 18.4 Å². The second-order valence-electron chi connectivity index (χ2n) is 6.93. The highest BCUT2D eigenvalue weighted by Crippen LogP contribution is 2.30. The minimum absolute atomic E-state index is 0.199. The zero-order valence-electron chi connectivity index (χ0n) is 15.3. The van der Waals surface area contributed by atoms with Crippen LogP contribution >= 0.6 is 22.7 Å². The molecule has 0 atom stereocenters. The smallest absolute Gasteiger partial charge is 0.263 e. The molecular formula is C19H22N4O2S3. The van der Waals surface area contributed by atoms with Gasteiger partial charge in [0.25, 0.3) is 10.0 Å². The summed E-state index contributed by atoms with van der Waals surface area (Å²) < 4.78 is 27.2. The average molecular weight is 435 g/mol. The van der Waals surface area contributed by atoms with Gasteiger partial charge in [-0.2, -0.15) is 0 Å². The standard InChI is InChI=1S/C19H22N4O2S3/c24-28(25,23-18-20-11-12-26-18)17-9-7-15(8-10-17)21-19-22-16(13-27-19)6-5-14-3-1-2-4-14/h7-14H,1-6H2,(H,20,23)(H,21,22). The van der Waals surface area contributed by atoms with E-state index < -0.39 is 10.0 Å². The molecule has 0 bridgehead atoms. The van der Waals surface area contributed by atoms with Gasteiger partial charge in [0.2, 0.25) is 0 Å². The van der Waals surface area contributed by atoms with E-state index in [0.717, 1.165) is 28.9 Å². The number of hydrogen-bond acceptors (Lipinski definition) is 7. The van der Waals surface area contributed by atoms with Gasteiger partial charge in [-0.25, -0.2) is 18.4 Å². The van der Waals surface area contributed by atoms with Crippen molar-refractivity contribution >= 4 is 48.6 Å². The SMILES string of the molecule is O=S(=O)(Nc1nccs1)c1ccc(Nc2nc(CCC3CCCC3)cs2)cc1. The summed E-state index contributed by atoms with van der Waals surface area (Å²) >= 11 is 2.82. The Bertz CT molecular complexity index is 992. The van der Waals surface area contributed by atoms with Gasteiger partial charge in [-0.05, 0) is 43.0 Å². The minimum Gasteiger partial charge on any atom is -0.332 e. The lowest BCUT2D eigenvalue weighted by Gasteiger charge is -2.07. The molecule has 0 spiro atoms. The lowest BCUT2D eigenvalue weighted by Crippen LogP contribution is -2.12. The van der Waals surface area contributed by atoms with Gasteiger partial charge in [-0.15, -0.1) is 22.7 Å². The van der Waals surface area contributed by atoms with Gasteiger partial charge in [0.1, 0.15) is 0 Å². The van der Waals surface area contributed by atoms with E-state index in [2.05, 4.69) is 25.4 Å². The fraction of sp³-hybridized carbons (Fsp3) is 0.368. The maximum atomic E-state index is 12.4. The van der Waals surface area contributed by atoms with Crippen molar-refractivity contribution in [1.82, 2.24) is 9.97 Å². The lowest BCUT2D eigenvalue weighted by atomic mass is 10.0. The molecule has 6 nitrogen and oxygen atoms in total. The molecule has 0 aliphatic heterocycles. The quantitative estimate of drug-likeness (QED) is 0.505. The van der Waals surface area contributed by atoms with Crippen LogP contribution in [0.2, 0.25) is 0 Å². The molecular weight excluding hydrogens is 412 g/mol. The fourth-order valence-corrected chi connectivity index (χ4v) is 5.97. The zero-order chi connectivity index (χ0) is 19.4. The summed E-state index contributed by atoms with van der Waals surface area (Å²) in [5.74, 6) is 0.866. The first-order chi connectivity index (χ1) is 13.6. The molecule has 0 unspecified atom stereocenters. The van der Waals surface area contributed by atoms with Crippen LogP contribution in [0.4, 0.5) is 16.0 Å². The van der Waals surface area contributed by atoms with Gasteiger partial charge in [0.05, 0.1) is 10.6 Å². The highest BCUT2D eigenvalue weighted by molar-refractivity contribution is 7.93. The molecule has 2 aromatic heterocycles. The second-order valence-corrected chi connectivity index (χ2v) is 10.4. The molecule has 3 aromatic rings. The topological polar surface area (TPSA) is 84.0 Å². The third kappa shape index (κ3) is 4.89. The first-order valence-corrected chi connectivity index (χ1v) is 12.6. The van der Waals surface area contributed by atoms with Crippen LogP contribution < -0.4 is 10.0 Å². The maximum Gasteiger partial charge on any atom is 0.263 e. The third-order valence-corrected chi connectivity index (χ3v) is 7.88. The van der Waals surface area contributed by atoms with Crippen molar-refractivity contribution in [2.24, 2.45) is 5.92 Å². The highest BCUT2D eigenvalue weighted by Gasteiger charge is 2.16. The van der Waals surface area contributed by atoms with Crippen LogP contribution in [0, 0.1) is 5.92 Å². The monoisotopic (exact) mass is 434 g/mol. The molecule has 1 aliphatic rings. The van der Waals surface area contributed by atoms with E-state index in [1.807, 2.05) is 0 Å². The Labute approximate surface area is 173 Å². The molecule has 148 valence electrons. The van der Waals surface area contributed by atoms with E-state index in [4.69, 9.17) is 0 Å². The number of thiazole rings is 2. The van der Waals surface area contributed by atoms with Crippen LogP contribution in [0.5, 0.6) is 0 Å². The van der Waals surface area contributed by atoms with E-state index >= 15 is 0 Å². The average Bonchev–Trinajstić information content (AvgIpc) is 3.43. The molecule has 4 rings (SSSR count). The Balaban J connectivity index is 1.35. The number of rotatable bonds is 8. The summed E-state index contributed by atoms with van der Waals surface area (Å²) in [6, 6.07) is 6.64. The van der Waals surface area contributed by atoms with Crippen LogP contribution in [0.25, 0.3) is 0 Å². The van der Waals surface area contributed by atoms with Gasteiger partial charge in [-0.1, -0.05) is 25.7 Å². The molecule has 2 heterocycles. The maximum absolute atomic E-state index is 12.4. The molecule has 28 heavy (non-hydrogen) atoms. The van der Waals surface area contributed by atoms with Crippen LogP contribution in [0.1, 0.15) is 37.8 Å². The summed E-state index contributed by atoms with van der Waals surface area (Å²) in [4.78, 5) is 8.81. The Morgan fingerprint density at radius 1 is 1.07 bits per heavy atom. The second kappa shape index (κ2) is 8.59. The van der Waals surface area contributed by atoms with Gasteiger partial charge in [0.15, 0.2) is 10.3 Å². The number of nitrogens with zero attached hydrogens (tertiary/aromatic N) is 2. The van der Waals surface area contributed by atoms with Gasteiger partial charge >= 0.3 is 0 Å². The number of aryl methyl sites for hydroxylation is 1. The number of aromatic nitrogens is 2. The summed E-state index contributed by atoms with van der Waals surface area (Å²) in [5, 5.41) is 8.27. The van der Waals surface area contributed by atoms with Gasteiger partial charge in [0, 0.05) is 22.6 Å². The minimum atomic E-state index is -3.63. The molecule has 0 radical (unpaired) electrons. The van der Waals surface area contributed by atoms with E-state index in [1.54, 1.807) is 47.2 Å². The predicted octanol–water partition coefficient (Wildman–Crippen LogP) is 5.27. The zero-order valence-corrected chi connectivity index (χ0v) is 17.7. The Morgan fingerprint density at radius 3 is 2.57 bits per heavy atom. The molecule has 0 amide bonds. The highest BCUT2D eigenvalue weighted by atomic mass is 32.2. The Kier molecular flexibility index (Phi) is 5.93. The normalized spacial score (nSPS) is 15.0. The van der Waals surface area contributed by atoms with Crippen LogP contribution in [-0.2, 0) is 16.4 Å². The van der Waals surface area contributed by atoms with E-state index in [-0.39, 0.29) is 4.90 Å². The van der Waals surface area contributed by atoms with Crippen molar-refractivity contribution in [2.45, 2.75) is 43.4 Å². The molecule has 0 saturated heterocycles. The van der Waals surface area contributed by atoms with Crippen molar-refractivity contribution in [3.63, 3.8) is 0 Å². The van der Waals surface area contributed by atoms with E-state index in [0.29, 0.717) is 5.13 Å². The molecule has 1 aromatic carbocycles. The van der Waals surface area contributed by atoms with Crippen molar-refractivity contribution in [1.29, 1.82) is 0 Å². The third-order valence-electron chi connectivity index (χ3n) is 4.91. The molecule has 1 fully saturated rings. The van der Waals surface area contributed by atoms with Crippen molar-refractivity contribution in [3.8, 4) is 0 Å². The summed E-state index contributed by atoms with van der Waals surface area (Å²) in [6.45, 7) is 0. The largest absolute Gasteiger partial charge is 0.332 e. The van der Waals surface area contributed by atoms with Gasteiger partial charge < -0.3 is 5.32 Å². The predicted molar refractivity (Wildman–Crippen MR) is 115 cm³/mol.